The molecule has 7 heteroatoms. The second-order valence-corrected chi connectivity index (χ2v) is 4.31. The fraction of sp³-hybridized carbons (Fsp3) is 0.267. The fourth-order valence-electron chi connectivity index (χ4n) is 1.93. The number of rotatable bonds is 6. The van der Waals surface area contributed by atoms with Crippen LogP contribution in [0.1, 0.15) is 16.1 Å². The number of nitrogens with zero attached hydrogens (tertiary/aromatic N) is 2. The molecule has 2 rings (SSSR count). The molecule has 1 heterocycles. The second-order valence-electron chi connectivity index (χ2n) is 4.31. The SMILES string of the molecule is COc1cc(CNC(=O)c2cnccn2)cc(OC)c1OC. The summed E-state index contributed by atoms with van der Waals surface area (Å²) in [6.45, 7) is 0.298. The summed E-state index contributed by atoms with van der Waals surface area (Å²) >= 11 is 0. The first-order valence-electron chi connectivity index (χ1n) is 6.52. The molecule has 0 fully saturated rings. The minimum absolute atomic E-state index is 0.259. The molecule has 22 heavy (non-hydrogen) atoms. The molecule has 0 aliphatic carbocycles. The normalized spacial score (nSPS) is 9.95. The molecule has 1 N–H and O–H groups in total. The van der Waals surface area contributed by atoms with E-state index < -0.39 is 0 Å². The van der Waals surface area contributed by atoms with Crippen molar-refractivity contribution in [3.63, 3.8) is 0 Å². The Morgan fingerprint density at radius 1 is 1.09 bits per heavy atom. The topological polar surface area (TPSA) is 82.6 Å². The maximum absolute atomic E-state index is 11.9. The van der Waals surface area contributed by atoms with Crippen LogP contribution >= 0.6 is 0 Å². The van der Waals surface area contributed by atoms with Gasteiger partial charge in [-0.15, -0.1) is 0 Å². The highest BCUT2D eigenvalue weighted by atomic mass is 16.5. The van der Waals surface area contributed by atoms with Gasteiger partial charge in [0.15, 0.2) is 11.5 Å². The largest absolute Gasteiger partial charge is 0.493 e. The molecule has 0 radical (unpaired) electrons. The first-order valence-corrected chi connectivity index (χ1v) is 6.52. The molecule has 116 valence electrons. The molecule has 1 amide bonds. The maximum Gasteiger partial charge on any atom is 0.271 e. The summed E-state index contributed by atoms with van der Waals surface area (Å²) in [5, 5.41) is 2.76. The van der Waals surface area contributed by atoms with E-state index in [1.807, 2.05) is 0 Å². The van der Waals surface area contributed by atoms with E-state index in [1.165, 1.54) is 25.7 Å². The van der Waals surface area contributed by atoms with Crippen molar-refractivity contribution in [2.45, 2.75) is 6.54 Å². The van der Waals surface area contributed by atoms with Crippen molar-refractivity contribution in [2.75, 3.05) is 21.3 Å². The first-order chi connectivity index (χ1) is 10.7. The standard InChI is InChI=1S/C15H17N3O4/c1-20-12-6-10(7-13(21-2)14(12)22-3)8-18-15(19)11-9-16-4-5-17-11/h4-7,9H,8H2,1-3H3,(H,18,19). The van der Waals surface area contributed by atoms with Gasteiger partial charge in [0.2, 0.25) is 5.75 Å². The van der Waals surface area contributed by atoms with Crippen molar-refractivity contribution in [1.29, 1.82) is 0 Å². The van der Waals surface area contributed by atoms with Gasteiger partial charge in [0.1, 0.15) is 5.69 Å². The van der Waals surface area contributed by atoms with Gasteiger partial charge in [0, 0.05) is 18.9 Å². The summed E-state index contributed by atoms with van der Waals surface area (Å²) in [7, 11) is 4.62. The quantitative estimate of drug-likeness (QED) is 0.869. The molecule has 7 nitrogen and oxygen atoms in total. The summed E-state index contributed by atoms with van der Waals surface area (Å²) in [6, 6.07) is 3.55. The minimum Gasteiger partial charge on any atom is -0.493 e. The van der Waals surface area contributed by atoms with Crippen LogP contribution in [0.5, 0.6) is 17.2 Å². The zero-order valence-electron chi connectivity index (χ0n) is 12.6. The van der Waals surface area contributed by atoms with Crippen LogP contribution in [0.2, 0.25) is 0 Å². The van der Waals surface area contributed by atoms with Crippen LogP contribution in [-0.2, 0) is 6.54 Å². The smallest absolute Gasteiger partial charge is 0.271 e. The molecule has 0 spiro atoms. The summed E-state index contributed by atoms with van der Waals surface area (Å²) in [6.07, 6.45) is 4.38. The average molecular weight is 303 g/mol. The second kappa shape index (κ2) is 7.26. The zero-order valence-corrected chi connectivity index (χ0v) is 12.6. The lowest BCUT2D eigenvalue weighted by Gasteiger charge is -2.14. The van der Waals surface area contributed by atoms with Gasteiger partial charge in [-0.1, -0.05) is 0 Å². The van der Waals surface area contributed by atoms with Gasteiger partial charge in [-0.2, -0.15) is 0 Å². The Labute approximate surface area is 128 Å². The number of amides is 1. The molecule has 0 saturated heterocycles. The van der Waals surface area contributed by atoms with Crippen LogP contribution < -0.4 is 19.5 Å². The van der Waals surface area contributed by atoms with Crippen molar-refractivity contribution in [3.05, 3.63) is 42.0 Å². The Morgan fingerprint density at radius 3 is 2.27 bits per heavy atom. The first kappa shape index (κ1) is 15.6. The van der Waals surface area contributed by atoms with E-state index >= 15 is 0 Å². The molecule has 0 bridgehead atoms. The Bertz CT molecular complexity index is 621. The lowest BCUT2D eigenvalue weighted by Crippen LogP contribution is -2.23. The number of methoxy groups -OCH3 is 3. The Hall–Kier alpha value is -2.83. The van der Waals surface area contributed by atoms with Crippen LogP contribution in [0.4, 0.5) is 0 Å². The number of aromatic nitrogens is 2. The molecular weight excluding hydrogens is 286 g/mol. The molecule has 1 aromatic heterocycles. The fourth-order valence-corrected chi connectivity index (χ4v) is 1.93. The molecule has 0 atom stereocenters. The van der Waals surface area contributed by atoms with E-state index in [0.717, 1.165) is 5.56 Å². The predicted octanol–water partition coefficient (Wildman–Crippen LogP) is 1.43. The van der Waals surface area contributed by atoms with Crippen LogP contribution in [-0.4, -0.2) is 37.2 Å². The third kappa shape index (κ3) is 3.43. The van der Waals surface area contributed by atoms with E-state index in [1.54, 1.807) is 26.4 Å². The van der Waals surface area contributed by atoms with Gasteiger partial charge in [-0.3, -0.25) is 9.78 Å². The summed E-state index contributed by atoms with van der Waals surface area (Å²) in [4.78, 5) is 19.7. The van der Waals surface area contributed by atoms with Crippen molar-refractivity contribution in [3.8, 4) is 17.2 Å². The molecular formula is C15H17N3O4. The molecule has 0 aliphatic heterocycles. The number of hydrogen-bond acceptors (Lipinski definition) is 6. The van der Waals surface area contributed by atoms with E-state index in [0.29, 0.717) is 23.8 Å². The van der Waals surface area contributed by atoms with Crippen LogP contribution in [0, 0.1) is 0 Å². The molecule has 0 aliphatic rings. The average Bonchev–Trinajstić information content (AvgIpc) is 2.59. The van der Waals surface area contributed by atoms with E-state index in [2.05, 4.69) is 15.3 Å². The number of carbonyl (C=O) groups is 1. The molecule has 2 aromatic rings. The summed E-state index contributed by atoms with van der Waals surface area (Å²) in [5.41, 5.74) is 1.07. The predicted molar refractivity (Wildman–Crippen MR) is 79.3 cm³/mol. The van der Waals surface area contributed by atoms with Gasteiger partial charge in [0.25, 0.3) is 5.91 Å². The number of nitrogens with one attached hydrogen (secondary N) is 1. The Kier molecular flexibility index (Phi) is 5.13. The van der Waals surface area contributed by atoms with Gasteiger partial charge in [0.05, 0.1) is 27.5 Å². The van der Waals surface area contributed by atoms with Gasteiger partial charge >= 0.3 is 0 Å². The number of hydrogen-bond donors (Lipinski definition) is 1. The van der Waals surface area contributed by atoms with E-state index in [-0.39, 0.29) is 11.6 Å². The van der Waals surface area contributed by atoms with Crippen LogP contribution in [0.15, 0.2) is 30.7 Å². The van der Waals surface area contributed by atoms with Crippen molar-refractivity contribution in [2.24, 2.45) is 0 Å². The van der Waals surface area contributed by atoms with E-state index in [4.69, 9.17) is 14.2 Å². The highest BCUT2D eigenvalue weighted by Gasteiger charge is 2.14. The zero-order chi connectivity index (χ0) is 15.9. The molecule has 1 aromatic carbocycles. The van der Waals surface area contributed by atoms with Crippen molar-refractivity contribution >= 4 is 5.91 Å². The molecule has 0 unspecified atom stereocenters. The van der Waals surface area contributed by atoms with Gasteiger partial charge < -0.3 is 19.5 Å². The van der Waals surface area contributed by atoms with Gasteiger partial charge in [-0.05, 0) is 17.7 Å². The highest BCUT2D eigenvalue weighted by Crippen LogP contribution is 2.38. The third-order valence-corrected chi connectivity index (χ3v) is 2.97. The summed E-state index contributed by atoms with van der Waals surface area (Å²) in [5.74, 6) is 1.27. The Balaban J connectivity index is 2.14. The maximum atomic E-state index is 11.9. The molecule has 0 saturated carbocycles. The van der Waals surface area contributed by atoms with E-state index in [9.17, 15) is 4.79 Å². The lowest BCUT2D eigenvalue weighted by atomic mass is 10.1. The van der Waals surface area contributed by atoms with Crippen LogP contribution in [0.25, 0.3) is 0 Å². The number of carbonyl (C=O) groups excluding carboxylic acids is 1. The van der Waals surface area contributed by atoms with Crippen LogP contribution in [0.3, 0.4) is 0 Å². The van der Waals surface area contributed by atoms with Crippen molar-refractivity contribution < 1.29 is 19.0 Å². The highest BCUT2D eigenvalue weighted by molar-refractivity contribution is 5.91. The Morgan fingerprint density at radius 2 is 1.77 bits per heavy atom. The monoisotopic (exact) mass is 303 g/mol. The lowest BCUT2D eigenvalue weighted by molar-refractivity contribution is 0.0945. The van der Waals surface area contributed by atoms with Crippen molar-refractivity contribution in [1.82, 2.24) is 15.3 Å². The number of benzene rings is 1. The number of ether oxygens (including phenoxy) is 3. The van der Waals surface area contributed by atoms with Gasteiger partial charge in [-0.25, -0.2) is 4.98 Å². The third-order valence-electron chi connectivity index (χ3n) is 2.97. The minimum atomic E-state index is -0.304. The summed E-state index contributed by atoms with van der Waals surface area (Å²) < 4.78 is 15.8.